The van der Waals surface area contributed by atoms with E-state index in [9.17, 15) is 4.79 Å². The minimum atomic E-state index is -1.03. The number of hydrogen-bond acceptors (Lipinski definition) is 2. The summed E-state index contributed by atoms with van der Waals surface area (Å²) in [6, 6.07) is 9.54. The first-order valence-electron chi connectivity index (χ1n) is 5.44. The maximum absolute atomic E-state index is 10.8. The lowest BCUT2D eigenvalue weighted by molar-refractivity contribution is 0.0697. The van der Waals surface area contributed by atoms with Crippen molar-refractivity contribution in [3.05, 3.63) is 57.6 Å². The Morgan fingerprint density at radius 3 is 2.42 bits per heavy atom. The molecule has 0 aliphatic carbocycles. The molecule has 0 atom stereocenters. The average molecular weight is 297 g/mol. The molecule has 0 spiro atoms. The highest BCUT2D eigenvalue weighted by molar-refractivity contribution is 6.32. The van der Waals surface area contributed by atoms with Gasteiger partial charge in [0.25, 0.3) is 0 Å². The predicted octanol–water partition coefficient (Wildman–Crippen LogP) is 4.79. The lowest BCUT2D eigenvalue weighted by Gasteiger charge is -2.09. The van der Waals surface area contributed by atoms with E-state index >= 15 is 0 Å². The van der Waals surface area contributed by atoms with Crippen LogP contribution in [0.5, 0.6) is 11.5 Å². The number of benzene rings is 2. The van der Waals surface area contributed by atoms with E-state index in [1.807, 2.05) is 6.92 Å². The molecule has 0 bridgehead atoms. The van der Waals surface area contributed by atoms with Crippen molar-refractivity contribution in [3.8, 4) is 11.5 Å². The number of ether oxygens (including phenoxy) is 1. The molecular weight excluding hydrogens is 287 g/mol. The fourth-order valence-electron chi connectivity index (χ4n) is 1.52. The summed E-state index contributed by atoms with van der Waals surface area (Å²) in [4.78, 5) is 10.8. The minimum Gasteiger partial charge on any atom is -0.478 e. The molecule has 0 aliphatic heterocycles. The third-order valence-electron chi connectivity index (χ3n) is 2.54. The predicted molar refractivity (Wildman–Crippen MR) is 74.7 cm³/mol. The van der Waals surface area contributed by atoms with Crippen molar-refractivity contribution in [1.82, 2.24) is 0 Å². The SMILES string of the molecule is Cc1cc(Oc2ccc(C(=O)O)cc2Cl)ccc1Cl. The number of aromatic carboxylic acids is 1. The van der Waals surface area contributed by atoms with Gasteiger partial charge in [0.15, 0.2) is 0 Å². The van der Waals surface area contributed by atoms with Crippen molar-refractivity contribution in [2.24, 2.45) is 0 Å². The van der Waals surface area contributed by atoms with Crippen LogP contribution in [0.25, 0.3) is 0 Å². The van der Waals surface area contributed by atoms with Crippen molar-refractivity contribution in [1.29, 1.82) is 0 Å². The van der Waals surface area contributed by atoms with E-state index in [2.05, 4.69) is 0 Å². The van der Waals surface area contributed by atoms with Crippen molar-refractivity contribution in [2.45, 2.75) is 6.92 Å². The molecule has 0 heterocycles. The van der Waals surface area contributed by atoms with Gasteiger partial charge in [-0.05, 0) is 48.9 Å². The van der Waals surface area contributed by atoms with Crippen LogP contribution in [0.1, 0.15) is 15.9 Å². The van der Waals surface area contributed by atoms with Crippen LogP contribution >= 0.6 is 23.2 Å². The lowest BCUT2D eigenvalue weighted by Crippen LogP contribution is -1.96. The molecule has 0 saturated heterocycles. The fraction of sp³-hybridized carbons (Fsp3) is 0.0714. The first-order valence-corrected chi connectivity index (χ1v) is 6.20. The van der Waals surface area contributed by atoms with Crippen LogP contribution in [0.4, 0.5) is 0 Å². The minimum absolute atomic E-state index is 0.115. The summed E-state index contributed by atoms with van der Waals surface area (Å²) in [7, 11) is 0. The normalized spacial score (nSPS) is 10.3. The number of hydrogen-bond donors (Lipinski definition) is 1. The zero-order valence-corrected chi connectivity index (χ0v) is 11.5. The van der Waals surface area contributed by atoms with Gasteiger partial charge < -0.3 is 9.84 Å². The number of rotatable bonds is 3. The van der Waals surface area contributed by atoms with E-state index in [0.29, 0.717) is 16.5 Å². The largest absolute Gasteiger partial charge is 0.478 e. The Morgan fingerprint density at radius 2 is 1.84 bits per heavy atom. The smallest absolute Gasteiger partial charge is 0.335 e. The topological polar surface area (TPSA) is 46.5 Å². The zero-order chi connectivity index (χ0) is 14.0. The molecule has 0 unspecified atom stereocenters. The van der Waals surface area contributed by atoms with Gasteiger partial charge in [-0.3, -0.25) is 0 Å². The third-order valence-corrected chi connectivity index (χ3v) is 3.26. The van der Waals surface area contributed by atoms with E-state index in [4.69, 9.17) is 33.0 Å². The number of halogens is 2. The molecule has 0 radical (unpaired) electrons. The maximum atomic E-state index is 10.8. The highest BCUT2D eigenvalue weighted by Gasteiger charge is 2.09. The molecule has 98 valence electrons. The second kappa shape index (κ2) is 5.51. The van der Waals surface area contributed by atoms with Gasteiger partial charge in [0.1, 0.15) is 11.5 Å². The second-order valence-electron chi connectivity index (χ2n) is 3.96. The number of carboxylic acid groups (broad SMARTS) is 1. The summed E-state index contributed by atoms with van der Waals surface area (Å²) >= 11 is 11.9. The standard InChI is InChI=1S/C14H10Cl2O3/c1-8-6-10(3-4-11(8)15)19-13-5-2-9(14(17)18)7-12(13)16/h2-7H,1H3,(H,17,18). The summed E-state index contributed by atoms with van der Waals surface area (Å²) < 4.78 is 5.60. The first kappa shape index (κ1) is 13.7. The summed E-state index contributed by atoms with van der Waals surface area (Å²) in [5, 5.41) is 9.74. The van der Waals surface area contributed by atoms with Crippen LogP contribution < -0.4 is 4.74 Å². The highest BCUT2D eigenvalue weighted by Crippen LogP contribution is 2.31. The van der Waals surface area contributed by atoms with Crippen LogP contribution in [0, 0.1) is 6.92 Å². The first-order chi connectivity index (χ1) is 8.97. The van der Waals surface area contributed by atoms with Gasteiger partial charge in [-0.25, -0.2) is 4.79 Å². The van der Waals surface area contributed by atoms with E-state index in [1.165, 1.54) is 18.2 Å². The number of carbonyl (C=O) groups is 1. The Balaban J connectivity index is 2.28. The molecule has 2 aromatic carbocycles. The van der Waals surface area contributed by atoms with E-state index in [0.717, 1.165) is 5.56 Å². The molecule has 0 fully saturated rings. The molecule has 0 amide bonds. The van der Waals surface area contributed by atoms with Gasteiger partial charge in [-0.15, -0.1) is 0 Å². The van der Waals surface area contributed by atoms with Crippen LogP contribution in [0.3, 0.4) is 0 Å². The van der Waals surface area contributed by atoms with Gasteiger partial charge in [0, 0.05) is 5.02 Å². The number of carboxylic acids is 1. The molecule has 19 heavy (non-hydrogen) atoms. The quantitative estimate of drug-likeness (QED) is 0.885. The Labute approximate surface area is 120 Å². The molecule has 1 N–H and O–H groups in total. The monoisotopic (exact) mass is 296 g/mol. The van der Waals surface area contributed by atoms with Crippen molar-refractivity contribution >= 4 is 29.2 Å². The van der Waals surface area contributed by atoms with Crippen LogP contribution in [-0.2, 0) is 0 Å². The average Bonchev–Trinajstić information content (AvgIpc) is 2.36. The van der Waals surface area contributed by atoms with Gasteiger partial charge in [-0.2, -0.15) is 0 Å². The Bertz CT molecular complexity index is 639. The third kappa shape index (κ3) is 3.19. The van der Waals surface area contributed by atoms with Gasteiger partial charge in [0.05, 0.1) is 10.6 Å². The number of aryl methyl sites for hydroxylation is 1. The van der Waals surface area contributed by atoms with Gasteiger partial charge in [0.2, 0.25) is 0 Å². The zero-order valence-electron chi connectivity index (χ0n) is 9.98. The highest BCUT2D eigenvalue weighted by atomic mass is 35.5. The molecular formula is C14H10Cl2O3. The van der Waals surface area contributed by atoms with Crippen molar-refractivity contribution < 1.29 is 14.6 Å². The van der Waals surface area contributed by atoms with Crippen molar-refractivity contribution in [3.63, 3.8) is 0 Å². The van der Waals surface area contributed by atoms with Gasteiger partial charge >= 0.3 is 5.97 Å². The summed E-state index contributed by atoms with van der Waals surface area (Å²) in [5.41, 5.74) is 1.00. The Morgan fingerprint density at radius 1 is 1.11 bits per heavy atom. The van der Waals surface area contributed by atoms with E-state index < -0.39 is 5.97 Å². The van der Waals surface area contributed by atoms with Crippen LogP contribution in [0.15, 0.2) is 36.4 Å². The van der Waals surface area contributed by atoms with Crippen LogP contribution in [0.2, 0.25) is 10.0 Å². The van der Waals surface area contributed by atoms with Crippen LogP contribution in [-0.4, -0.2) is 11.1 Å². The molecule has 0 aromatic heterocycles. The van der Waals surface area contributed by atoms with Crippen molar-refractivity contribution in [2.75, 3.05) is 0 Å². The second-order valence-corrected chi connectivity index (χ2v) is 4.78. The summed E-state index contributed by atoms with van der Waals surface area (Å²) in [5.74, 6) is -0.0453. The molecule has 2 aromatic rings. The van der Waals surface area contributed by atoms with E-state index in [1.54, 1.807) is 18.2 Å². The molecule has 0 saturated carbocycles. The molecule has 3 nitrogen and oxygen atoms in total. The van der Waals surface area contributed by atoms with Gasteiger partial charge in [-0.1, -0.05) is 23.2 Å². The maximum Gasteiger partial charge on any atom is 0.335 e. The molecule has 5 heteroatoms. The fourth-order valence-corrected chi connectivity index (χ4v) is 1.86. The molecule has 0 aliphatic rings. The Kier molecular flexibility index (Phi) is 3.98. The Hall–Kier alpha value is -1.71. The lowest BCUT2D eigenvalue weighted by atomic mass is 10.2. The summed E-state index contributed by atoms with van der Waals surface area (Å²) in [6.45, 7) is 1.87. The molecule has 2 rings (SSSR count). The van der Waals surface area contributed by atoms with E-state index in [-0.39, 0.29) is 10.6 Å². The summed E-state index contributed by atoms with van der Waals surface area (Å²) in [6.07, 6.45) is 0.